The number of ether oxygens (including phenoxy) is 1. The first kappa shape index (κ1) is 38.1. The second-order valence-corrected chi connectivity index (χ2v) is 16.8. The van der Waals surface area contributed by atoms with Gasteiger partial charge in [0.15, 0.2) is 0 Å². The average molecular weight is 663 g/mol. The van der Waals surface area contributed by atoms with E-state index in [9.17, 15) is 4.79 Å². The van der Waals surface area contributed by atoms with Gasteiger partial charge in [-0.25, -0.2) is 19.6 Å². The van der Waals surface area contributed by atoms with Crippen LogP contribution in [-0.4, -0.2) is 104 Å². The van der Waals surface area contributed by atoms with Crippen molar-refractivity contribution in [2.45, 2.75) is 26.2 Å². The number of thioether (sulfide) groups is 8. The molecular weight excluding hydrogens is 621 g/mol. The Labute approximate surface area is 251 Å². The van der Waals surface area contributed by atoms with Gasteiger partial charge in [-0.05, 0) is 18.6 Å². The van der Waals surface area contributed by atoms with Gasteiger partial charge in [0.05, 0.1) is 38.8 Å². The summed E-state index contributed by atoms with van der Waals surface area (Å²) >= 11 is 14.3. The van der Waals surface area contributed by atoms with Crippen LogP contribution in [0, 0.1) is 0 Å². The average Bonchev–Trinajstić information content (AvgIpc) is 2.88. The molecular formula is C21H42O7S8. The van der Waals surface area contributed by atoms with Gasteiger partial charge in [-0.1, -0.05) is 6.92 Å². The molecule has 0 bridgehead atoms. The Morgan fingerprint density at radius 1 is 0.583 bits per heavy atom. The van der Waals surface area contributed by atoms with Crippen molar-refractivity contribution in [3.8, 4) is 0 Å². The number of aliphatic hydroxyl groups excluding tert-OH is 1. The lowest BCUT2D eigenvalue weighted by molar-refractivity contribution is -0.290. The molecule has 216 valence electrons. The second-order valence-electron chi connectivity index (χ2n) is 6.48. The van der Waals surface area contributed by atoms with Crippen molar-refractivity contribution in [3.05, 3.63) is 0 Å². The van der Waals surface area contributed by atoms with Gasteiger partial charge in [0, 0.05) is 48.4 Å². The molecule has 0 unspecified atom stereocenters. The zero-order valence-corrected chi connectivity index (χ0v) is 27.6. The first-order valence-corrected chi connectivity index (χ1v) is 20.9. The molecule has 0 rings (SSSR count). The molecule has 0 aliphatic heterocycles. The molecule has 36 heavy (non-hydrogen) atoms. The molecule has 15 heteroatoms. The molecule has 0 aromatic carbocycles. The third-order valence-corrected chi connectivity index (χ3v) is 12.7. The van der Waals surface area contributed by atoms with E-state index in [-0.39, 0.29) is 11.9 Å². The highest BCUT2D eigenvalue weighted by atomic mass is 32.2. The quantitative estimate of drug-likeness (QED) is 0.0300. The number of aliphatic hydroxyl groups is 1. The minimum Gasteiger partial charge on any atom is -0.465 e. The van der Waals surface area contributed by atoms with Crippen LogP contribution in [-0.2, 0) is 29.1 Å². The zero-order chi connectivity index (χ0) is 26.2. The molecule has 1 N–H and O–H groups in total. The van der Waals surface area contributed by atoms with E-state index in [4.69, 9.17) is 29.4 Å². The van der Waals surface area contributed by atoms with Gasteiger partial charge in [0.1, 0.15) is 6.61 Å². The lowest BCUT2D eigenvalue weighted by Gasteiger charge is -2.06. The fourth-order valence-electron chi connectivity index (χ4n) is 1.86. The van der Waals surface area contributed by atoms with Crippen molar-refractivity contribution in [1.82, 2.24) is 0 Å². The van der Waals surface area contributed by atoms with Gasteiger partial charge in [0.2, 0.25) is 0 Å². The van der Waals surface area contributed by atoms with Gasteiger partial charge in [-0.3, -0.25) is 4.79 Å². The predicted octanol–water partition coefficient (Wildman–Crippen LogP) is 6.22. The number of carbonyl (C=O) groups excluding carboxylic acids is 1. The van der Waals surface area contributed by atoms with E-state index in [0.29, 0.717) is 39.5 Å². The number of hydrogen-bond donors (Lipinski definition) is 1. The highest BCUT2D eigenvalue weighted by Gasteiger charge is 2.03. The molecule has 0 radical (unpaired) electrons. The third-order valence-electron chi connectivity index (χ3n) is 3.46. The maximum atomic E-state index is 11.8. The summed E-state index contributed by atoms with van der Waals surface area (Å²) in [6, 6.07) is 0. The van der Waals surface area contributed by atoms with Crippen molar-refractivity contribution in [2.75, 3.05) is 93.2 Å². The SMILES string of the molecule is CCCOOCCSCSCSCCOC(=O)CCSCSCSCCCOOCCSCSCO. The van der Waals surface area contributed by atoms with Crippen molar-refractivity contribution in [3.63, 3.8) is 0 Å². The summed E-state index contributed by atoms with van der Waals surface area (Å²) < 4.78 is 5.30. The predicted molar refractivity (Wildman–Crippen MR) is 171 cm³/mol. The molecule has 0 amide bonds. The van der Waals surface area contributed by atoms with E-state index in [1.165, 1.54) is 11.8 Å². The van der Waals surface area contributed by atoms with Crippen LogP contribution in [0.5, 0.6) is 0 Å². The summed E-state index contributed by atoms with van der Waals surface area (Å²) in [7, 11) is 0. The summed E-state index contributed by atoms with van der Waals surface area (Å²) in [6.07, 6.45) is 2.42. The van der Waals surface area contributed by atoms with Gasteiger partial charge < -0.3 is 9.84 Å². The summed E-state index contributed by atoms with van der Waals surface area (Å²) in [4.78, 5) is 32.1. The minimum absolute atomic E-state index is 0.0964. The van der Waals surface area contributed by atoms with Crippen molar-refractivity contribution >= 4 is 100 Å². The Morgan fingerprint density at radius 2 is 1.08 bits per heavy atom. The zero-order valence-electron chi connectivity index (χ0n) is 21.1. The standard InChI is InChI=1S/C21H42O7S8/c1-2-5-25-27-8-14-33-20-36-19-31-12-7-24-21(23)4-11-30-18-35-17-29-10-3-6-26-28-9-13-32-16-34-15-22/h22H,2-20H2,1H3. The largest absolute Gasteiger partial charge is 0.465 e. The number of carbonyl (C=O) groups is 1. The van der Waals surface area contributed by atoms with Gasteiger partial charge >= 0.3 is 5.97 Å². The van der Waals surface area contributed by atoms with Crippen LogP contribution in [0.3, 0.4) is 0 Å². The molecule has 0 heterocycles. The summed E-state index contributed by atoms with van der Waals surface area (Å²) in [6.45, 7) is 5.03. The maximum absolute atomic E-state index is 11.8. The van der Waals surface area contributed by atoms with Gasteiger partial charge in [0.25, 0.3) is 0 Å². The van der Waals surface area contributed by atoms with Crippen LogP contribution in [0.1, 0.15) is 26.2 Å². The number of hydrogen-bond acceptors (Lipinski definition) is 15. The van der Waals surface area contributed by atoms with Gasteiger partial charge in [-0.15, -0.1) is 70.6 Å². The van der Waals surface area contributed by atoms with Crippen LogP contribution in [0.15, 0.2) is 0 Å². The van der Waals surface area contributed by atoms with Crippen LogP contribution in [0.4, 0.5) is 0 Å². The molecule has 0 aromatic heterocycles. The molecule has 0 fully saturated rings. The van der Waals surface area contributed by atoms with E-state index < -0.39 is 0 Å². The molecule has 7 nitrogen and oxygen atoms in total. The fraction of sp³-hybridized carbons (Fsp3) is 0.952. The molecule has 0 atom stereocenters. The smallest absolute Gasteiger partial charge is 0.306 e. The summed E-state index contributed by atoms with van der Waals surface area (Å²) in [5, 5.41) is 13.6. The molecule has 0 spiro atoms. The molecule has 0 aliphatic carbocycles. The first-order chi connectivity index (χ1) is 17.8. The Hall–Kier alpha value is 2.07. The van der Waals surface area contributed by atoms with E-state index in [2.05, 4.69) is 6.92 Å². The van der Waals surface area contributed by atoms with E-state index >= 15 is 0 Å². The van der Waals surface area contributed by atoms with Crippen molar-refractivity contribution in [2.24, 2.45) is 0 Å². The van der Waals surface area contributed by atoms with E-state index in [1.807, 2.05) is 47.0 Å². The van der Waals surface area contributed by atoms with Crippen LogP contribution >= 0.6 is 94.1 Å². The third kappa shape index (κ3) is 34.1. The summed E-state index contributed by atoms with van der Waals surface area (Å²) in [5.41, 5.74) is 0. The normalized spacial score (nSPS) is 11.3. The lowest BCUT2D eigenvalue weighted by atomic mass is 10.5. The van der Waals surface area contributed by atoms with Crippen LogP contribution < -0.4 is 0 Å². The lowest BCUT2D eigenvalue weighted by Crippen LogP contribution is -2.08. The molecule has 0 saturated carbocycles. The van der Waals surface area contributed by atoms with Crippen LogP contribution in [0.2, 0.25) is 0 Å². The Bertz CT molecular complexity index is 445. The number of rotatable bonds is 31. The topological polar surface area (TPSA) is 83.5 Å². The maximum Gasteiger partial charge on any atom is 0.306 e. The van der Waals surface area contributed by atoms with Crippen molar-refractivity contribution in [1.29, 1.82) is 0 Å². The molecule has 0 aromatic rings. The summed E-state index contributed by atoms with van der Waals surface area (Å²) in [5.74, 6) is 4.59. The van der Waals surface area contributed by atoms with E-state index in [1.54, 1.807) is 35.3 Å². The minimum atomic E-state index is -0.0964. The van der Waals surface area contributed by atoms with Crippen molar-refractivity contribution < 1.29 is 34.2 Å². The van der Waals surface area contributed by atoms with Crippen LogP contribution in [0.25, 0.3) is 0 Å². The Balaban J connectivity index is 3.13. The number of esters is 1. The Kier molecular flexibility index (Phi) is 37.1. The second kappa shape index (κ2) is 35.1. The highest BCUT2D eigenvalue weighted by molar-refractivity contribution is 8.23. The monoisotopic (exact) mass is 662 g/mol. The molecule has 0 aliphatic rings. The van der Waals surface area contributed by atoms with Gasteiger partial charge in [-0.2, -0.15) is 23.5 Å². The Morgan fingerprint density at radius 3 is 1.69 bits per heavy atom. The van der Waals surface area contributed by atoms with E-state index in [0.717, 1.165) is 67.0 Å². The first-order valence-electron chi connectivity index (χ1n) is 11.7. The molecule has 0 saturated heterocycles. The fourth-order valence-corrected chi connectivity index (χ4v) is 9.85. The highest BCUT2D eigenvalue weighted by Crippen LogP contribution is 2.19.